The van der Waals surface area contributed by atoms with E-state index >= 15 is 0 Å². The van der Waals surface area contributed by atoms with Crippen LogP contribution in [-0.4, -0.2) is 38.2 Å². The molecule has 0 atom stereocenters. The minimum Gasteiger partial charge on any atom is -0.298 e. The van der Waals surface area contributed by atoms with Gasteiger partial charge in [0.25, 0.3) is 11.8 Å². The number of nitrogens with one attached hydrogen (secondary N) is 1. The molecule has 0 aliphatic carbocycles. The highest BCUT2D eigenvalue weighted by molar-refractivity contribution is 7.99. The van der Waals surface area contributed by atoms with Crippen molar-refractivity contribution in [1.82, 2.24) is 20.0 Å². The predicted molar refractivity (Wildman–Crippen MR) is 109 cm³/mol. The summed E-state index contributed by atoms with van der Waals surface area (Å²) in [6.45, 7) is 3.45. The number of amides is 2. The summed E-state index contributed by atoms with van der Waals surface area (Å²) in [6.07, 6.45) is -2.65. The third-order valence-corrected chi connectivity index (χ3v) is 5.62. The lowest BCUT2D eigenvalue weighted by molar-refractivity contribution is -0.141. The van der Waals surface area contributed by atoms with Crippen LogP contribution < -0.4 is 5.32 Å². The number of halogens is 4. The standard InChI is InChI=1S/C19H14F4N4O2S2/c1-3-8-27-16(29)13(15(28)24-18(27)30)9-12-14(19(21,22)23)25-26(2)17(12)31-11-6-4-10(20)5-7-11/h3-7,9H,1,8H2,2H3,(H,24,28,30)/b13-9+. The third kappa shape index (κ3) is 4.69. The van der Waals surface area contributed by atoms with E-state index < -0.39 is 40.6 Å². The molecule has 2 aromatic rings. The van der Waals surface area contributed by atoms with Crippen LogP contribution in [0.4, 0.5) is 17.6 Å². The summed E-state index contributed by atoms with van der Waals surface area (Å²) in [5.74, 6) is -2.29. The fourth-order valence-electron chi connectivity index (χ4n) is 2.73. The minimum absolute atomic E-state index is 0.00968. The average molecular weight is 470 g/mol. The fourth-order valence-corrected chi connectivity index (χ4v) is 3.92. The highest BCUT2D eigenvalue weighted by Crippen LogP contribution is 2.39. The number of alkyl halides is 3. The van der Waals surface area contributed by atoms with Crippen molar-refractivity contribution in [2.24, 2.45) is 7.05 Å². The summed E-state index contributed by atoms with van der Waals surface area (Å²) in [7, 11) is 1.30. The zero-order valence-electron chi connectivity index (χ0n) is 15.9. The van der Waals surface area contributed by atoms with Crippen LogP contribution in [0.2, 0.25) is 0 Å². The Kier molecular flexibility index (Phi) is 6.32. The van der Waals surface area contributed by atoms with Gasteiger partial charge in [-0.15, -0.1) is 6.58 Å². The van der Waals surface area contributed by atoms with E-state index in [0.717, 1.165) is 39.6 Å². The second kappa shape index (κ2) is 8.63. The fraction of sp³-hybridized carbons (Fsp3) is 0.158. The van der Waals surface area contributed by atoms with Gasteiger partial charge in [-0.25, -0.2) is 4.39 Å². The van der Waals surface area contributed by atoms with Crippen LogP contribution in [0, 0.1) is 5.82 Å². The molecule has 0 saturated carbocycles. The largest absolute Gasteiger partial charge is 0.435 e. The van der Waals surface area contributed by atoms with Gasteiger partial charge in [-0.1, -0.05) is 17.8 Å². The Balaban J connectivity index is 2.14. The van der Waals surface area contributed by atoms with Gasteiger partial charge in [0.05, 0.1) is 0 Å². The van der Waals surface area contributed by atoms with Gasteiger partial charge >= 0.3 is 6.18 Å². The second-order valence-corrected chi connectivity index (χ2v) is 7.72. The van der Waals surface area contributed by atoms with Gasteiger partial charge < -0.3 is 0 Å². The van der Waals surface area contributed by atoms with Gasteiger partial charge in [0.1, 0.15) is 16.4 Å². The first-order chi connectivity index (χ1) is 14.5. The van der Waals surface area contributed by atoms with E-state index in [1.807, 2.05) is 0 Å². The molecule has 2 amide bonds. The van der Waals surface area contributed by atoms with Crippen molar-refractivity contribution in [3.05, 3.63) is 59.6 Å². The van der Waals surface area contributed by atoms with Crippen LogP contribution in [0.25, 0.3) is 6.08 Å². The molecule has 1 saturated heterocycles. The first-order valence-corrected chi connectivity index (χ1v) is 9.82. The van der Waals surface area contributed by atoms with E-state index in [-0.39, 0.29) is 16.7 Å². The molecule has 1 aliphatic heterocycles. The lowest BCUT2D eigenvalue weighted by Crippen LogP contribution is -2.53. The average Bonchev–Trinajstić information content (AvgIpc) is 3.00. The van der Waals surface area contributed by atoms with Crippen molar-refractivity contribution in [2.45, 2.75) is 16.1 Å². The molecular weight excluding hydrogens is 456 g/mol. The van der Waals surface area contributed by atoms with Crippen molar-refractivity contribution < 1.29 is 27.2 Å². The summed E-state index contributed by atoms with van der Waals surface area (Å²) in [5.41, 5.74) is -2.26. The van der Waals surface area contributed by atoms with Gasteiger partial charge in [-0.3, -0.25) is 24.5 Å². The SMILES string of the molecule is C=CCN1C(=O)/C(=C/c2c(C(F)(F)F)nn(C)c2Sc2ccc(F)cc2)C(=O)NC1=S. The van der Waals surface area contributed by atoms with Crippen molar-refractivity contribution in [3.8, 4) is 0 Å². The lowest BCUT2D eigenvalue weighted by atomic mass is 10.1. The van der Waals surface area contributed by atoms with Crippen LogP contribution in [0.3, 0.4) is 0 Å². The van der Waals surface area contributed by atoms with E-state index in [4.69, 9.17) is 12.2 Å². The summed E-state index contributed by atoms with van der Waals surface area (Å²) in [5, 5.41) is 5.65. The van der Waals surface area contributed by atoms with Crippen molar-refractivity contribution >= 4 is 47.0 Å². The topological polar surface area (TPSA) is 67.2 Å². The van der Waals surface area contributed by atoms with Gasteiger partial charge in [0.2, 0.25) is 0 Å². The quantitative estimate of drug-likeness (QED) is 0.238. The Bertz CT molecular complexity index is 1110. The Morgan fingerprint density at radius 1 is 1.26 bits per heavy atom. The number of hydrogen-bond acceptors (Lipinski definition) is 5. The van der Waals surface area contributed by atoms with E-state index in [2.05, 4.69) is 17.0 Å². The summed E-state index contributed by atoms with van der Waals surface area (Å²) < 4.78 is 55.1. The number of hydrogen-bond donors (Lipinski definition) is 1. The van der Waals surface area contributed by atoms with Crippen LogP contribution in [0.1, 0.15) is 11.3 Å². The van der Waals surface area contributed by atoms with E-state index in [0.29, 0.717) is 4.90 Å². The molecule has 1 aromatic heterocycles. The molecule has 1 fully saturated rings. The molecular formula is C19H14F4N4O2S2. The summed E-state index contributed by atoms with van der Waals surface area (Å²) in [4.78, 5) is 26.5. The molecule has 162 valence electrons. The van der Waals surface area contributed by atoms with Crippen molar-refractivity contribution in [3.63, 3.8) is 0 Å². The first-order valence-electron chi connectivity index (χ1n) is 8.60. The van der Waals surface area contributed by atoms with Crippen LogP contribution in [0.5, 0.6) is 0 Å². The van der Waals surface area contributed by atoms with Crippen LogP contribution in [-0.2, 0) is 22.8 Å². The number of thiocarbonyl (C=S) groups is 1. The molecule has 12 heteroatoms. The smallest absolute Gasteiger partial charge is 0.298 e. The molecule has 6 nitrogen and oxygen atoms in total. The highest BCUT2D eigenvalue weighted by atomic mass is 32.2. The number of benzene rings is 1. The van der Waals surface area contributed by atoms with Crippen LogP contribution >= 0.6 is 24.0 Å². The van der Waals surface area contributed by atoms with E-state index in [9.17, 15) is 27.2 Å². The van der Waals surface area contributed by atoms with Gasteiger partial charge in [0, 0.05) is 24.1 Å². The lowest BCUT2D eigenvalue weighted by Gasteiger charge is -2.27. The Morgan fingerprint density at radius 2 is 1.90 bits per heavy atom. The maximum atomic E-state index is 13.6. The molecule has 0 unspecified atom stereocenters. The number of carbonyl (C=O) groups excluding carboxylic acids is 2. The molecule has 1 aliphatic rings. The second-order valence-electron chi connectivity index (χ2n) is 6.27. The molecule has 31 heavy (non-hydrogen) atoms. The maximum absolute atomic E-state index is 13.6. The first kappa shape index (κ1) is 22.7. The molecule has 3 rings (SSSR count). The Morgan fingerprint density at radius 3 is 2.48 bits per heavy atom. The monoisotopic (exact) mass is 470 g/mol. The van der Waals surface area contributed by atoms with Gasteiger partial charge in [-0.05, 0) is 42.6 Å². The van der Waals surface area contributed by atoms with Gasteiger partial charge in [0.15, 0.2) is 10.8 Å². The van der Waals surface area contributed by atoms with Crippen molar-refractivity contribution in [1.29, 1.82) is 0 Å². The minimum atomic E-state index is -4.85. The third-order valence-electron chi connectivity index (χ3n) is 4.11. The number of nitrogens with zero attached hydrogens (tertiary/aromatic N) is 3. The Hall–Kier alpha value is -2.99. The number of aryl methyl sites for hydroxylation is 1. The van der Waals surface area contributed by atoms with Gasteiger partial charge in [-0.2, -0.15) is 18.3 Å². The van der Waals surface area contributed by atoms with E-state index in [1.165, 1.54) is 25.3 Å². The summed E-state index contributed by atoms with van der Waals surface area (Å²) >= 11 is 5.82. The molecule has 0 radical (unpaired) electrons. The normalized spacial score (nSPS) is 16.1. The highest BCUT2D eigenvalue weighted by Gasteiger charge is 2.40. The number of rotatable bonds is 5. The Labute approximate surface area is 183 Å². The van der Waals surface area contributed by atoms with E-state index in [1.54, 1.807) is 0 Å². The molecule has 1 aromatic carbocycles. The molecule has 1 N–H and O–H groups in total. The zero-order chi connectivity index (χ0) is 22.9. The zero-order valence-corrected chi connectivity index (χ0v) is 17.5. The maximum Gasteiger partial charge on any atom is 0.435 e. The predicted octanol–water partition coefficient (Wildman–Crippen LogP) is 3.54. The van der Waals surface area contributed by atoms with Crippen molar-refractivity contribution in [2.75, 3.05) is 6.54 Å². The summed E-state index contributed by atoms with van der Waals surface area (Å²) in [6, 6.07) is 5.10. The molecule has 0 bridgehead atoms. The number of carbonyl (C=O) groups is 2. The molecule has 0 spiro atoms. The number of aromatic nitrogens is 2. The molecule has 2 heterocycles. The van der Waals surface area contributed by atoms with Crippen LogP contribution in [0.15, 0.2) is 52.4 Å².